The van der Waals surface area contributed by atoms with Crippen molar-refractivity contribution in [3.63, 3.8) is 0 Å². The Labute approximate surface area is 200 Å². The molecule has 0 fully saturated rings. The Morgan fingerprint density at radius 1 is 0.571 bits per heavy atom. The molecule has 35 heavy (non-hydrogen) atoms. The van der Waals surface area contributed by atoms with Crippen LogP contribution in [0.15, 0.2) is 108 Å². The van der Waals surface area contributed by atoms with Crippen molar-refractivity contribution >= 4 is 65.1 Å². The molecule has 0 aliphatic carbocycles. The fraction of sp³-hybridized carbons (Fsp3) is 0.0312. The Bertz CT molecular complexity index is 2130. The van der Waals surface area contributed by atoms with Crippen LogP contribution in [0.3, 0.4) is 0 Å². The maximum absolute atomic E-state index is 6.00. The number of hydrogen-bond acceptors (Lipinski definition) is 2. The number of aromatic nitrogens is 2. The molecule has 0 N–H and O–H groups in total. The molecule has 0 aliphatic rings. The zero-order valence-corrected chi connectivity index (χ0v) is 19.1. The van der Waals surface area contributed by atoms with Crippen molar-refractivity contribution in [2.45, 2.75) is 0 Å². The molecule has 3 nitrogen and oxygen atoms in total. The summed E-state index contributed by atoms with van der Waals surface area (Å²) in [6.07, 6.45) is 3.71. The van der Waals surface area contributed by atoms with Crippen LogP contribution in [-0.2, 0) is 7.05 Å². The summed E-state index contributed by atoms with van der Waals surface area (Å²) in [6, 6.07) is 32.7. The third-order valence-electron chi connectivity index (χ3n) is 7.45. The van der Waals surface area contributed by atoms with Crippen LogP contribution in [0.2, 0.25) is 0 Å². The molecular formula is C32H20N2O. The summed E-state index contributed by atoms with van der Waals surface area (Å²) in [4.78, 5) is 4.80. The molecule has 6 aromatic carbocycles. The Kier molecular flexibility index (Phi) is 3.59. The van der Waals surface area contributed by atoms with Crippen LogP contribution >= 0.6 is 0 Å². The molecule has 0 atom stereocenters. The highest BCUT2D eigenvalue weighted by Gasteiger charge is 2.15. The molecular weight excluding hydrogens is 428 g/mol. The Morgan fingerprint density at radius 2 is 1.14 bits per heavy atom. The zero-order chi connectivity index (χ0) is 23.1. The average molecular weight is 449 g/mol. The van der Waals surface area contributed by atoms with Gasteiger partial charge in [-0.25, -0.2) is 4.98 Å². The Morgan fingerprint density at radius 3 is 1.89 bits per heavy atom. The first-order chi connectivity index (χ1) is 17.3. The second-order valence-electron chi connectivity index (χ2n) is 9.33. The van der Waals surface area contributed by atoms with Crippen molar-refractivity contribution in [3.05, 3.63) is 104 Å². The van der Waals surface area contributed by atoms with Gasteiger partial charge in [0.05, 0.1) is 23.6 Å². The monoisotopic (exact) mass is 448 g/mol. The van der Waals surface area contributed by atoms with Gasteiger partial charge in [-0.2, -0.15) is 0 Å². The number of aryl methyl sites for hydroxylation is 1. The minimum Gasteiger partial charge on any atom is -0.464 e. The van der Waals surface area contributed by atoms with E-state index >= 15 is 0 Å². The highest BCUT2D eigenvalue weighted by atomic mass is 16.3. The van der Waals surface area contributed by atoms with Crippen molar-refractivity contribution in [1.82, 2.24) is 9.55 Å². The summed E-state index contributed by atoms with van der Waals surface area (Å²) < 4.78 is 8.12. The summed E-state index contributed by atoms with van der Waals surface area (Å²) in [7, 11) is 2.07. The van der Waals surface area contributed by atoms with E-state index < -0.39 is 0 Å². The molecule has 0 radical (unpaired) electrons. The van der Waals surface area contributed by atoms with Gasteiger partial charge >= 0.3 is 0 Å². The Hall–Kier alpha value is -4.63. The fourth-order valence-corrected chi connectivity index (χ4v) is 5.85. The SMILES string of the molecule is Cn1cnc2c3cc(-c4ccc5c6ccccc6c6ccoc6c5c4)ccc3c3ccccc3c21. The largest absolute Gasteiger partial charge is 0.464 e. The van der Waals surface area contributed by atoms with E-state index in [0.717, 1.165) is 21.9 Å². The van der Waals surface area contributed by atoms with Gasteiger partial charge in [0.15, 0.2) is 0 Å². The molecule has 0 saturated carbocycles. The average Bonchev–Trinajstić information content (AvgIpc) is 3.56. The van der Waals surface area contributed by atoms with Crippen LogP contribution < -0.4 is 0 Å². The molecule has 0 aliphatic heterocycles. The molecule has 8 aromatic rings. The number of rotatable bonds is 1. The van der Waals surface area contributed by atoms with Crippen molar-refractivity contribution < 1.29 is 4.42 Å². The van der Waals surface area contributed by atoms with E-state index in [-0.39, 0.29) is 0 Å². The number of nitrogens with zero attached hydrogens (tertiary/aromatic N) is 2. The minimum atomic E-state index is 0.944. The van der Waals surface area contributed by atoms with Crippen LogP contribution in [0.5, 0.6) is 0 Å². The Balaban J connectivity index is 1.45. The number of hydrogen-bond donors (Lipinski definition) is 0. The number of furan rings is 1. The first-order valence-electron chi connectivity index (χ1n) is 11.9. The normalized spacial score (nSPS) is 12.1. The fourth-order valence-electron chi connectivity index (χ4n) is 5.85. The van der Waals surface area contributed by atoms with E-state index in [4.69, 9.17) is 9.40 Å². The third kappa shape index (κ3) is 2.47. The molecule has 0 spiro atoms. The molecule has 8 rings (SSSR count). The van der Waals surface area contributed by atoms with Crippen LogP contribution in [0.1, 0.15) is 0 Å². The highest BCUT2D eigenvalue weighted by Crippen LogP contribution is 2.39. The lowest BCUT2D eigenvalue weighted by Gasteiger charge is -2.11. The molecule has 0 amide bonds. The van der Waals surface area contributed by atoms with Crippen molar-refractivity contribution in [2.24, 2.45) is 7.05 Å². The van der Waals surface area contributed by atoms with Crippen LogP contribution in [0.25, 0.3) is 76.2 Å². The highest BCUT2D eigenvalue weighted by molar-refractivity contribution is 6.25. The van der Waals surface area contributed by atoms with Crippen molar-refractivity contribution in [1.29, 1.82) is 0 Å². The maximum Gasteiger partial charge on any atom is 0.142 e. The summed E-state index contributed by atoms with van der Waals surface area (Å²) in [6.45, 7) is 0. The van der Waals surface area contributed by atoms with Gasteiger partial charge in [0, 0.05) is 28.6 Å². The van der Waals surface area contributed by atoms with Crippen LogP contribution in [-0.4, -0.2) is 9.55 Å². The van der Waals surface area contributed by atoms with E-state index in [1.165, 1.54) is 54.3 Å². The van der Waals surface area contributed by atoms with Gasteiger partial charge in [-0.15, -0.1) is 0 Å². The molecule has 0 saturated heterocycles. The van der Waals surface area contributed by atoms with Crippen LogP contribution in [0.4, 0.5) is 0 Å². The number of benzene rings is 6. The lowest BCUT2D eigenvalue weighted by Crippen LogP contribution is -1.88. The van der Waals surface area contributed by atoms with Gasteiger partial charge in [-0.1, -0.05) is 72.8 Å². The lowest BCUT2D eigenvalue weighted by atomic mass is 9.93. The van der Waals surface area contributed by atoms with E-state index in [1.54, 1.807) is 6.26 Å². The quantitative estimate of drug-likeness (QED) is 0.235. The summed E-state index contributed by atoms with van der Waals surface area (Å²) in [5.41, 5.74) is 5.51. The summed E-state index contributed by atoms with van der Waals surface area (Å²) in [5, 5.41) is 10.9. The molecule has 164 valence electrons. The summed E-state index contributed by atoms with van der Waals surface area (Å²) >= 11 is 0. The smallest absolute Gasteiger partial charge is 0.142 e. The maximum atomic E-state index is 6.00. The lowest BCUT2D eigenvalue weighted by molar-refractivity contribution is 0.619. The van der Waals surface area contributed by atoms with Crippen LogP contribution in [0, 0.1) is 0 Å². The van der Waals surface area contributed by atoms with Gasteiger partial charge in [0.1, 0.15) is 5.58 Å². The predicted octanol–water partition coefficient (Wildman–Crippen LogP) is 8.60. The van der Waals surface area contributed by atoms with E-state index in [9.17, 15) is 0 Å². The summed E-state index contributed by atoms with van der Waals surface area (Å²) in [5.74, 6) is 0. The standard InChI is InChI=1S/C32H20N2O/c1-34-18-33-30-28-16-19(10-12-24(28)22-7-4-5-9-26(22)31(30)34)20-11-13-25-21-6-2-3-8-23(21)27-14-15-35-32(27)29(25)17-20/h2-18H,1H3. The molecule has 2 heterocycles. The molecule has 3 heteroatoms. The predicted molar refractivity (Wildman–Crippen MR) is 146 cm³/mol. The molecule has 0 unspecified atom stereocenters. The second-order valence-corrected chi connectivity index (χ2v) is 9.33. The van der Waals surface area contributed by atoms with E-state index in [0.29, 0.717) is 0 Å². The van der Waals surface area contributed by atoms with Gasteiger partial charge in [-0.05, 0) is 56.3 Å². The molecule has 0 bridgehead atoms. The number of fused-ring (bicyclic) bond motifs is 12. The van der Waals surface area contributed by atoms with Crippen molar-refractivity contribution in [3.8, 4) is 11.1 Å². The van der Waals surface area contributed by atoms with Gasteiger partial charge in [0.2, 0.25) is 0 Å². The van der Waals surface area contributed by atoms with Gasteiger partial charge < -0.3 is 8.98 Å². The third-order valence-corrected chi connectivity index (χ3v) is 7.45. The van der Waals surface area contributed by atoms with Gasteiger partial charge in [0.25, 0.3) is 0 Å². The van der Waals surface area contributed by atoms with Crippen molar-refractivity contribution in [2.75, 3.05) is 0 Å². The molecule has 2 aromatic heterocycles. The first-order valence-corrected chi connectivity index (χ1v) is 11.9. The second kappa shape index (κ2) is 6.71. The van der Waals surface area contributed by atoms with Gasteiger partial charge in [-0.3, -0.25) is 0 Å². The van der Waals surface area contributed by atoms with E-state index in [1.807, 2.05) is 6.33 Å². The minimum absolute atomic E-state index is 0.944. The number of imidazole rings is 1. The topological polar surface area (TPSA) is 31.0 Å². The van der Waals surface area contributed by atoms with E-state index in [2.05, 4.69) is 103 Å². The first kappa shape index (κ1) is 18.8. The zero-order valence-electron chi connectivity index (χ0n) is 19.1.